The van der Waals surface area contributed by atoms with Crippen LogP contribution in [0.25, 0.3) is 0 Å². The van der Waals surface area contributed by atoms with Crippen LogP contribution in [-0.2, 0) is 14.3 Å². The van der Waals surface area contributed by atoms with Crippen LogP contribution in [0.4, 0.5) is 4.79 Å². The minimum atomic E-state index is -0.935. The zero-order valence-corrected chi connectivity index (χ0v) is 7.99. The molecule has 78 valence electrons. The van der Waals surface area contributed by atoms with E-state index in [1.807, 2.05) is 5.32 Å². The number of hydrogen-bond donors (Lipinski definition) is 2. The van der Waals surface area contributed by atoms with Gasteiger partial charge in [-0.1, -0.05) is 0 Å². The van der Waals surface area contributed by atoms with Gasteiger partial charge in [-0.05, 0) is 13.8 Å². The third-order valence-corrected chi connectivity index (χ3v) is 1.66. The highest BCUT2D eigenvalue weighted by atomic mass is 16.5. The molecule has 1 atom stereocenters. The lowest BCUT2D eigenvalue weighted by molar-refractivity contribution is -0.155. The second-order valence-electron chi connectivity index (χ2n) is 3.24. The fraction of sp³-hybridized carbons (Fsp3) is 0.625. The molecule has 3 amide bonds. The van der Waals surface area contributed by atoms with Crippen molar-refractivity contribution in [2.75, 3.05) is 6.54 Å². The van der Waals surface area contributed by atoms with Crippen molar-refractivity contribution in [3.05, 3.63) is 0 Å². The van der Waals surface area contributed by atoms with Gasteiger partial charge in [0.1, 0.15) is 0 Å². The normalized spacial score (nSPS) is 21.5. The molecule has 14 heavy (non-hydrogen) atoms. The van der Waals surface area contributed by atoms with E-state index in [9.17, 15) is 14.4 Å². The van der Waals surface area contributed by atoms with E-state index in [0.717, 1.165) is 0 Å². The first-order valence-corrected chi connectivity index (χ1v) is 4.30. The van der Waals surface area contributed by atoms with Crippen molar-refractivity contribution in [3.8, 4) is 0 Å². The molecular weight excluding hydrogens is 188 g/mol. The maximum atomic E-state index is 11.3. The van der Waals surface area contributed by atoms with Crippen LogP contribution in [0.3, 0.4) is 0 Å². The lowest BCUT2D eigenvalue weighted by atomic mass is 10.1. The Morgan fingerprint density at radius 1 is 1.50 bits per heavy atom. The third-order valence-electron chi connectivity index (χ3n) is 1.66. The van der Waals surface area contributed by atoms with Gasteiger partial charge in [0.25, 0.3) is 0 Å². The summed E-state index contributed by atoms with van der Waals surface area (Å²) in [6, 6.07) is -0.580. The fourth-order valence-electron chi connectivity index (χ4n) is 1.04. The summed E-state index contributed by atoms with van der Waals surface area (Å²) in [6.45, 7) is 3.38. The van der Waals surface area contributed by atoms with E-state index in [0.29, 0.717) is 0 Å². The Morgan fingerprint density at radius 3 is 2.64 bits per heavy atom. The predicted molar refractivity (Wildman–Crippen MR) is 46.3 cm³/mol. The first kappa shape index (κ1) is 10.5. The zero-order valence-electron chi connectivity index (χ0n) is 7.99. The molecule has 6 nitrogen and oxygen atoms in total. The number of carbonyl (C=O) groups is 3. The highest BCUT2D eigenvalue weighted by Gasteiger charge is 2.33. The number of carbonyl (C=O) groups excluding carboxylic acids is 3. The molecule has 0 bridgehead atoms. The van der Waals surface area contributed by atoms with Crippen LogP contribution >= 0.6 is 0 Å². The molecule has 1 unspecified atom stereocenters. The second kappa shape index (κ2) is 4.08. The fourth-order valence-corrected chi connectivity index (χ4v) is 1.04. The van der Waals surface area contributed by atoms with Gasteiger partial charge in [0, 0.05) is 6.54 Å². The van der Waals surface area contributed by atoms with Gasteiger partial charge in [-0.2, -0.15) is 0 Å². The van der Waals surface area contributed by atoms with Crippen LogP contribution in [0.15, 0.2) is 0 Å². The van der Waals surface area contributed by atoms with Gasteiger partial charge in [0.2, 0.25) is 5.91 Å². The van der Waals surface area contributed by atoms with E-state index in [2.05, 4.69) is 5.32 Å². The van der Waals surface area contributed by atoms with E-state index >= 15 is 0 Å². The Balaban J connectivity index is 2.56. The number of imide groups is 1. The lowest BCUT2D eigenvalue weighted by Crippen LogP contribution is -2.54. The molecular formula is C8H12N2O4. The average molecular weight is 200 g/mol. The van der Waals surface area contributed by atoms with E-state index in [-0.39, 0.29) is 12.6 Å². The summed E-state index contributed by atoms with van der Waals surface area (Å²) in [4.78, 5) is 33.1. The molecule has 1 heterocycles. The van der Waals surface area contributed by atoms with Crippen molar-refractivity contribution < 1.29 is 19.1 Å². The van der Waals surface area contributed by atoms with E-state index < -0.39 is 23.8 Å². The molecule has 6 heteroatoms. The smallest absolute Gasteiger partial charge is 0.321 e. The summed E-state index contributed by atoms with van der Waals surface area (Å²) in [7, 11) is 0. The average Bonchev–Trinajstić information content (AvgIpc) is 2.01. The maximum Gasteiger partial charge on any atom is 0.321 e. The maximum absolute atomic E-state index is 11.3. The van der Waals surface area contributed by atoms with Gasteiger partial charge in [-0.25, -0.2) is 4.79 Å². The quantitative estimate of drug-likeness (QED) is 0.460. The molecule has 1 rings (SSSR count). The van der Waals surface area contributed by atoms with Crippen LogP contribution in [0.1, 0.15) is 13.8 Å². The van der Waals surface area contributed by atoms with E-state index in [1.165, 1.54) is 0 Å². The highest BCUT2D eigenvalue weighted by molar-refractivity contribution is 6.07. The number of nitrogens with one attached hydrogen (secondary N) is 2. The highest BCUT2D eigenvalue weighted by Crippen LogP contribution is 2.04. The molecule has 2 N–H and O–H groups in total. The molecule has 0 radical (unpaired) electrons. The number of urea groups is 1. The van der Waals surface area contributed by atoms with Gasteiger partial charge >= 0.3 is 12.0 Å². The Labute approximate surface area is 81.0 Å². The van der Waals surface area contributed by atoms with E-state index in [1.54, 1.807) is 13.8 Å². The molecule has 1 aliphatic rings. The second-order valence-corrected chi connectivity index (χ2v) is 3.24. The first-order chi connectivity index (χ1) is 6.50. The first-order valence-electron chi connectivity index (χ1n) is 4.30. The number of amides is 3. The zero-order chi connectivity index (χ0) is 10.7. The number of rotatable bonds is 2. The number of ether oxygens (including phenoxy) is 1. The minimum Gasteiger partial charge on any atom is -0.462 e. The molecule has 1 aliphatic heterocycles. The van der Waals surface area contributed by atoms with Crippen molar-refractivity contribution in [2.45, 2.75) is 20.0 Å². The third kappa shape index (κ3) is 2.45. The van der Waals surface area contributed by atoms with Crippen LogP contribution < -0.4 is 10.6 Å². The van der Waals surface area contributed by atoms with Crippen molar-refractivity contribution in [1.82, 2.24) is 10.6 Å². The van der Waals surface area contributed by atoms with Gasteiger partial charge in [0.05, 0.1) is 6.10 Å². The van der Waals surface area contributed by atoms with E-state index in [4.69, 9.17) is 4.74 Å². The molecule has 0 saturated carbocycles. The summed E-state index contributed by atoms with van der Waals surface area (Å²) < 4.78 is 4.84. The van der Waals surface area contributed by atoms with Crippen molar-refractivity contribution >= 4 is 17.9 Å². The predicted octanol–water partition coefficient (Wildman–Crippen LogP) is -0.606. The summed E-state index contributed by atoms with van der Waals surface area (Å²) in [5.74, 6) is -2.16. The van der Waals surface area contributed by atoms with Crippen molar-refractivity contribution in [2.24, 2.45) is 5.92 Å². The Kier molecular flexibility index (Phi) is 3.06. The van der Waals surface area contributed by atoms with Crippen LogP contribution in [0.5, 0.6) is 0 Å². The summed E-state index contributed by atoms with van der Waals surface area (Å²) in [5, 5.41) is 4.34. The molecule has 0 aromatic heterocycles. The van der Waals surface area contributed by atoms with Gasteiger partial charge in [0.15, 0.2) is 5.92 Å². The molecule has 0 spiro atoms. The van der Waals surface area contributed by atoms with Gasteiger partial charge < -0.3 is 10.1 Å². The molecule has 1 saturated heterocycles. The molecule has 0 aromatic carbocycles. The monoisotopic (exact) mass is 200 g/mol. The summed E-state index contributed by atoms with van der Waals surface area (Å²) >= 11 is 0. The van der Waals surface area contributed by atoms with Crippen LogP contribution in [-0.4, -0.2) is 30.6 Å². The summed E-state index contributed by atoms with van der Waals surface area (Å²) in [5.41, 5.74) is 0. The minimum absolute atomic E-state index is 0.00375. The van der Waals surface area contributed by atoms with Crippen molar-refractivity contribution in [3.63, 3.8) is 0 Å². The van der Waals surface area contributed by atoms with Crippen LogP contribution in [0.2, 0.25) is 0 Å². The Hall–Kier alpha value is -1.59. The summed E-state index contributed by atoms with van der Waals surface area (Å²) in [6.07, 6.45) is -0.270. The molecule has 1 fully saturated rings. The Bertz CT molecular complexity index is 275. The molecule has 0 aliphatic carbocycles. The lowest BCUT2D eigenvalue weighted by Gasteiger charge is -2.21. The Morgan fingerprint density at radius 2 is 2.14 bits per heavy atom. The number of esters is 1. The SMILES string of the molecule is CC(C)OC(=O)C1CNC(=O)NC1=O. The van der Waals surface area contributed by atoms with Gasteiger partial charge in [-0.15, -0.1) is 0 Å². The van der Waals surface area contributed by atoms with Crippen molar-refractivity contribution in [1.29, 1.82) is 0 Å². The molecule has 0 aromatic rings. The largest absolute Gasteiger partial charge is 0.462 e. The van der Waals surface area contributed by atoms with Crippen LogP contribution in [0, 0.1) is 5.92 Å². The topological polar surface area (TPSA) is 84.5 Å². The van der Waals surface area contributed by atoms with Gasteiger partial charge in [-0.3, -0.25) is 14.9 Å². The standard InChI is InChI=1S/C8H12N2O4/c1-4(2)14-7(12)5-3-9-8(13)10-6(5)11/h4-5H,3H2,1-2H3,(H2,9,10,11,13). The number of hydrogen-bond acceptors (Lipinski definition) is 4.